The third kappa shape index (κ3) is 5.57. The van der Waals surface area contributed by atoms with Crippen LogP contribution in [0.2, 0.25) is 0 Å². The summed E-state index contributed by atoms with van der Waals surface area (Å²) in [5.74, 6) is 1.85. The second-order valence-electron chi connectivity index (χ2n) is 3.98. The molecule has 0 aromatic heterocycles. The molecule has 0 aliphatic rings. The van der Waals surface area contributed by atoms with Gasteiger partial charge in [-0.15, -0.1) is 0 Å². The largest absolute Gasteiger partial charge is 0.631 e. The Balaban J connectivity index is 0.000000399. The maximum atomic E-state index is 7.17. The van der Waals surface area contributed by atoms with Crippen LogP contribution in [0.25, 0.3) is 0 Å². The van der Waals surface area contributed by atoms with E-state index in [0.717, 1.165) is 22.6 Å². The quantitative estimate of drug-likeness (QED) is 0.723. The monoisotopic (exact) mass is 260 g/mol. The lowest BCUT2D eigenvalue weighted by Gasteiger charge is -2.10. The predicted molar refractivity (Wildman–Crippen MR) is 74.8 cm³/mol. The van der Waals surface area contributed by atoms with Gasteiger partial charge in [0.15, 0.2) is 0 Å². The average Bonchev–Trinajstić information content (AvgIpc) is 2.34. The average molecular weight is 260 g/mol. The van der Waals surface area contributed by atoms with E-state index in [9.17, 15) is 0 Å². The van der Waals surface area contributed by atoms with Crippen molar-refractivity contribution in [2.45, 2.75) is 13.8 Å². The Morgan fingerprint density at radius 1 is 0.737 bits per heavy atom. The second kappa shape index (κ2) is 7.58. The molecule has 0 heterocycles. The maximum absolute atomic E-state index is 7.17. The Morgan fingerprint density at radius 2 is 1.05 bits per heavy atom. The first-order valence-corrected chi connectivity index (χ1v) is 5.84. The van der Waals surface area contributed by atoms with Crippen molar-refractivity contribution in [1.82, 2.24) is 0 Å². The molecule has 0 unspecified atom stereocenters. The molecule has 4 nitrogen and oxygen atoms in total. The highest BCUT2D eigenvalue weighted by molar-refractivity contribution is 6.30. The zero-order chi connectivity index (χ0) is 14.3. The second-order valence-corrected chi connectivity index (χ2v) is 3.98. The normalized spacial score (nSPS) is 9.32. The molecule has 0 aliphatic heterocycles. The summed E-state index contributed by atoms with van der Waals surface area (Å²) in [4.78, 5) is 0. The Bertz CT molecular complexity index is 468. The van der Waals surface area contributed by atoms with Crippen LogP contribution in [0.3, 0.4) is 0 Å². The van der Waals surface area contributed by atoms with Crippen LogP contribution in [0.15, 0.2) is 48.5 Å². The standard InChI is InChI=1S/C14H14O.BH3O3/c1-11-7-3-5-9-13(11)15-14-10-6-4-8-12(14)2;2-1(3)4/h3-10H,1-2H3;2-4H. The molecular weight excluding hydrogens is 243 g/mol. The van der Waals surface area contributed by atoms with Gasteiger partial charge in [-0.3, -0.25) is 0 Å². The van der Waals surface area contributed by atoms with Gasteiger partial charge in [0.05, 0.1) is 0 Å². The Hall–Kier alpha value is -1.82. The van der Waals surface area contributed by atoms with E-state index in [0.29, 0.717) is 0 Å². The van der Waals surface area contributed by atoms with Crippen LogP contribution in [0.5, 0.6) is 11.5 Å². The van der Waals surface area contributed by atoms with Gasteiger partial charge in [0.25, 0.3) is 0 Å². The molecule has 0 fully saturated rings. The minimum atomic E-state index is -2.17. The smallest absolute Gasteiger partial charge is 0.457 e. The molecule has 0 saturated heterocycles. The molecule has 0 radical (unpaired) electrons. The number of hydrogen-bond donors (Lipinski definition) is 3. The van der Waals surface area contributed by atoms with E-state index in [-0.39, 0.29) is 0 Å². The molecule has 5 heteroatoms. The molecule has 0 amide bonds. The van der Waals surface area contributed by atoms with E-state index in [2.05, 4.69) is 0 Å². The number of benzene rings is 2. The molecule has 0 atom stereocenters. The first-order chi connectivity index (χ1) is 9.00. The van der Waals surface area contributed by atoms with Gasteiger partial charge in [-0.2, -0.15) is 0 Å². The summed E-state index contributed by atoms with van der Waals surface area (Å²) in [6, 6.07) is 16.1. The molecule has 0 aliphatic carbocycles. The first kappa shape index (κ1) is 15.2. The number of para-hydroxylation sites is 2. The maximum Gasteiger partial charge on any atom is 0.631 e. The number of aryl methyl sites for hydroxylation is 2. The molecule has 100 valence electrons. The number of rotatable bonds is 2. The van der Waals surface area contributed by atoms with Crippen LogP contribution in [-0.4, -0.2) is 22.4 Å². The van der Waals surface area contributed by atoms with Gasteiger partial charge in [-0.05, 0) is 37.1 Å². The van der Waals surface area contributed by atoms with Crippen molar-refractivity contribution >= 4 is 7.32 Å². The number of hydrogen-bond acceptors (Lipinski definition) is 4. The van der Waals surface area contributed by atoms with Crippen LogP contribution in [-0.2, 0) is 0 Å². The Labute approximate surface area is 113 Å². The zero-order valence-corrected chi connectivity index (χ0v) is 10.9. The third-order valence-corrected chi connectivity index (χ3v) is 2.41. The predicted octanol–water partition coefficient (Wildman–Crippen LogP) is 2.04. The van der Waals surface area contributed by atoms with Gasteiger partial charge in [0.1, 0.15) is 11.5 Å². The lowest BCUT2D eigenvalue weighted by molar-refractivity contribution is 0.278. The van der Waals surface area contributed by atoms with Crippen LogP contribution in [0.4, 0.5) is 0 Å². The highest BCUT2D eigenvalue weighted by Gasteiger charge is 2.01. The highest BCUT2D eigenvalue weighted by Crippen LogP contribution is 2.26. The van der Waals surface area contributed by atoms with Crippen LogP contribution in [0, 0.1) is 13.8 Å². The zero-order valence-electron chi connectivity index (χ0n) is 10.9. The van der Waals surface area contributed by atoms with Crippen molar-refractivity contribution in [3.05, 3.63) is 59.7 Å². The Morgan fingerprint density at radius 3 is 1.37 bits per heavy atom. The van der Waals surface area contributed by atoms with E-state index < -0.39 is 7.32 Å². The summed E-state index contributed by atoms with van der Waals surface area (Å²) in [6.07, 6.45) is 0. The first-order valence-electron chi connectivity index (χ1n) is 5.84. The van der Waals surface area contributed by atoms with E-state index in [1.807, 2.05) is 62.4 Å². The van der Waals surface area contributed by atoms with E-state index >= 15 is 0 Å². The summed E-state index contributed by atoms with van der Waals surface area (Å²) in [7, 11) is -2.17. The van der Waals surface area contributed by atoms with Gasteiger partial charge in [0.2, 0.25) is 0 Å². The van der Waals surface area contributed by atoms with E-state index in [1.54, 1.807) is 0 Å². The molecular formula is C14H17BO4. The number of ether oxygens (including phenoxy) is 1. The van der Waals surface area contributed by atoms with Crippen molar-refractivity contribution in [2.24, 2.45) is 0 Å². The fraction of sp³-hybridized carbons (Fsp3) is 0.143. The fourth-order valence-electron chi connectivity index (χ4n) is 1.46. The van der Waals surface area contributed by atoms with Crippen LogP contribution >= 0.6 is 0 Å². The minimum absolute atomic E-state index is 0.923. The van der Waals surface area contributed by atoms with Crippen LogP contribution in [0.1, 0.15) is 11.1 Å². The SMILES string of the molecule is Cc1ccccc1Oc1ccccc1C.OB(O)O. The van der Waals surface area contributed by atoms with Crippen molar-refractivity contribution in [2.75, 3.05) is 0 Å². The van der Waals surface area contributed by atoms with Crippen molar-refractivity contribution < 1.29 is 19.8 Å². The molecule has 2 aromatic rings. The van der Waals surface area contributed by atoms with Gasteiger partial charge in [-0.25, -0.2) is 0 Å². The molecule has 0 saturated carbocycles. The van der Waals surface area contributed by atoms with Gasteiger partial charge in [0, 0.05) is 0 Å². The third-order valence-electron chi connectivity index (χ3n) is 2.41. The van der Waals surface area contributed by atoms with Crippen LogP contribution < -0.4 is 4.74 Å². The highest BCUT2D eigenvalue weighted by atomic mass is 16.5. The molecule has 3 N–H and O–H groups in total. The molecule has 2 rings (SSSR count). The van der Waals surface area contributed by atoms with Crippen molar-refractivity contribution in [3.8, 4) is 11.5 Å². The summed E-state index contributed by atoms with van der Waals surface area (Å²) < 4.78 is 5.84. The molecule has 0 bridgehead atoms. The fourth-order valence-corrected chi connectivity index (χ4v) is 1.46. The van der Waals surface area contributed by atoms with E-state index in [1.165, 1.54) is 0 Å². The molecule has 2 aromatic carbocycles. The molecule has 0 spiro atoms. The summed E-state index contributed by atoms with van der Waals surface area (Å²) in [6.45, 7) is 4.10. The minimum Gasteiger partial charge on any atom is -0.457 e. The van der Waals surface area contributed by atoms with Crippen molar-refractivity contribution in [1.29, 1.82) is 0 Å². The summed E-state index contributed by atoms with van der Waals surface area (Å²) in [5, 5.41) is 21.5. The van der Waals surface area contributed by atoms with Crippen molar-refractivity contribution in [3.63, 3.8) is 0 Å². The van der Waals surface area contributed by atoms with Gasteiger partial charge >= 0.3 is 7.32 Å². The molecule has 19 heavy (non-hydrogen) atoms. The lowest BCUT2D eigenvalue weighted by atomic mass is 10.2. The lowest BCUT2D eigenvalue weighted by Crippen LogP contribution is -2.07. The topological polar surface area (TPSA) is 69.9 Å². The van der Waals surface area contributed by atoms with Gasteiger partial charge in [-0.1, -0.05) is 36.4 Å². The van der Waals surface area contributed by atoms with E-state index in [4.69, 9.17) is 19.8 Å². The summed E-state index contributed by atoms with van der Waals surface area (Å²) in [5.41, 5.74) is 2.31. The van der Waals surface area contributed by atoms with Gasteiger partial charge < -0.3 is 19.8 Å². The summed E-state index contributed by atoms with van der Waals surface area (Å²) >= 11 is 0. The Kier molecular flexibility index (Phi) is 6.08.